The zero-order valence-electron chi connectivity index (χ0n) is 6.68. The van der Waals surface area contributed by atoms with Gasteiger partial charge in [-0.25, -0.2) is 0 Å². The first-order chi connectivity index (χ1) is 4.61. The quantitative estimate of drug-likeness (QED) is 0.599. The fraction of sp³-hybridized carbons (Fsp3) is 0.750. The average Bonchev–Trinajstić information content (AvgIpc) is 1.88. The van der Waals surface area contributed by atoms with E-state index in [1.165, 1.54) is 5.57 Å². The molecule has 1 rings (SSSR count). The van der Waals surface area contributed by atoms with Crippen molar-refractivity contribution in [1.82, 2.24) is 0 Å². The molecule has 2 heteroatoms. The van der Waals surface area contributed by atoms with Gasteiger partial charge in [-0.15, -0.1) is 0 Å². The third-order valence-electron chi connectivity index (χ3n) is 1.76. The van der Waals surface area contributed by atoms with E-state index in [0.29, 0.717) is 0 Å². The summed E-state index contributed by atoms with van der Waals surface area (Å²) in [5, 5.41) is 0. The van der Waals surface area contributed by atoms with Gasteiger partial charge in [0.15, 0.2) is 0 Å². The molecule has 0 amide bonds. The predicted molar refractivity (Wildman–Crippen MR) is 41.5 cm³/mol. The fourth-order valence-electron chi connectivity index (χ4n) is 1.04. The summed E-state index contributed by atoms with van der Waals surface area (Å²) >= 11 is 0. The molecule has 58 valence electrons. The maximum absolute atomic E-state index is 5.86. The van der Waals surface area contributed by atoms with E-state index in [1.807, 2.05) is 20.1 Å². The van der Waals surface area contributed by atoms with Crippen molar-refractivity contribution in [1.29, 1.82) is 0 Å². The van der Waals surface area contributed by atoms with E-state index < -0.39 is 0 Å². The fourth-order valence-corrected chi connectivity index (χ4v) is 1.04. The Hall–Kier alpha value is -0.500. The highest BCUT2D eigenvalue weighted by atomic mass is 16.5. The molecular formula is C8H15NO. The summed E-state index contributed by atoms with van der Waals surface area (Å²) in [7, 11) is 0. The van der Waals surface area contributed by atoms with Crippen molar-refractivity contribution in [2.75, 3.05) is 6.61 Å². The van der Waals surface area contributed by atoms with Crippen LogP contribution in [-0.2, 0) is 4.74 Å². The topological polar surface area (TPSA) is 35.2 Å². The van der Waals surface area contributed by atoms with E-state index in [2.05, 4.69) is 0 Å². The van der Waals surface area contributed by atoms with Crippen molar-refractivity contribution in [2.24, 2.45) is 5.73 Å². The number of hydrogen-bond acceptors (Lipinski definition) is 2. The second-order valence-electron chi connectivity index (χ2n) is 3.34. The molecule has 0 fully saturated rings. The Kier molecular flexibility index (Phi) is 2.00. The van der Waals surface area contributed by atoms with Crippen LogP contribution in [-0.4, -0.2) is 12.1 Å². The molecule has 0 saturated carbocycles. The van der Waals surface area contributed by atoms with Crippen molar-refractivity contribution < 1.29 is 4.74 Å². The second kappa shape index (κ2) is 2.62. The number of rotatable bonds is 1. The van der Waals surface area contributed by atoms with Gasteiger partial charge in [0.2, 0.25) is 0 Å². The van der Waals surface area contributed by atoms with E-state index in [4.69, 9.17) is 10.5 Å². The third-order valence-corrected chi connectivity index (χ3v) is 1.76. The molecule has 0 spiro atoms. The first-order valence-electron chi connectivity index (χ1n) is 3.71. The van der Waals surface area contributed by atoms with E-state index in [9.17, 15) is 0 Å². The molecule has 1 heterocycles. The molecule has 2 nitrogen and oxygen atoms in total. The molecule has 0 aliphatic carbocycles. The highest BCUT2D eigenvalue weighted by molar-refractivity contribution is 5.14. The van der Waals surface area contributed by atoms with E-state index in [1.54, 1.807) is 0 Å². The molecule has 10 heavy (non-hydrogen) atoms. The van der Waals surface area contributed by atoms with Gasteiger partial charge < -0.3 is 10.5 Å². The first-order valence-corrected chi connectivity index (χ1v) is 3.71. The number of nitrogens with two attached hydrogens (primary N) is 1. The number of ether oxygens (including phenoxy) is 1. The molecule has 0 atom stereocenters. The normalized spacial score (nSPS) is 19.7. The molecular weight excluding hydrogens is 126 g/mol. The van der Waals surface area contributed by atoms with Gasteiger partial charge in [0.1, 0.15) is 0 Å². The van der Waals surface area contributed by atoms with Gasteiger partial charge in [-0.1, -0.05) is 0 Å². The molecule has 0 radical (unpaired) electrons. The Balaban J connectivity index is 2.62. The van der Waals surface area contributed by atoms with Gasteiger partial charge in [0.25, 0.3) is 0 Å². The summed E-state index contributed by atoms with van der Waals surface area (Å²) in [5.74, 6) is 0. The van der Waals surface area contributed by atoms with E-state index in [0.717, 1.165) is 19.4 Å². The minimum absolute atomic E-state index is 0.194. The van der Waals surface area contributed by atoms with Gasteiger partial charge >= 0.3 is 0 Å². The van der Waals surface area contributed by atoms with E-state index in [-0.39, 0.29) is 5.54 Å². The van der Waals surface area contributed by atoms with Gasteiger partial charge in [-0.2, -0.15) is 0 Å². The molecule has 2 N–H and O–H groups in total. The van der Waals surface area contributed by atoms with Crippen LogP contribution in [0.25, 0.3) is 0 Å². The predicted octanol–water partition coefficient (Wildman–Crippen LogP) is 1.42. The summed E-state index contributed by atoms with van der Waals surface area (Å²) in [6.07, 6.45) is 4.00. The van der Waals surface area contributed by atoms with Gasteiger partial charge in [-0.05, 0) is 32.3 Å². The van der Waals surface area contributed by atoms with Crippen molar-refractivity contribution in [3.05, 3.63) is 11.8 Å². The molecule has 0 saturated heterocycles. The van der Waals surface area contributed by atoms with E-state index >= 15 is 0 Å². The molecule has 0 aromatic heterocycles. The molecule has 0 unspecified atom stereocenters. The average molecular weight is 141 g/mol. The Morgan fingerprint density at radius 3 is 2.60 bits per heavy atom. The van der Waals surface area contributed by atoms with Gasteiger partial charge in [0.05, 0.1) is 12.9 Å². The standard InChI is InChI=1S/C8H15NO/c1-8(2,9)7-4-3-5-10-6-7/h6H,3-5,9H2,1-2H3. The van der Waals surface area contributed by atoms with Crippen molar-refractivity contribution in [2.45, 2.75) is 32.2 Å². The molecule has 0 bridgehead atoms. The van der Waals surface area contributed by atoms with Crippen LogP contribution in [0.2, 0.25) is 0 Å². The summed E-state index contributed by atoms with van der Waals surface area (Å²) < 4.78 is 5.17. The molecule has 1 aliphatic heterocycles. The van der Waals surface area contributed by atoms with Crippen LogP contribution in [0.1, 0.15) is 26.7 Å². The van der Waals surface area contributed by atoms with Gasteiger partial charge in [0, 0.05) is 5.54 Å². The lowest BCUT2D eigenvalue weighted by atomic mass is 9.92. The summed E-state index contributed by atoms with van der Waals surface area (Å²) in [4.78, 5) is 0. The Morgan fingerprint density at radius 1 is 1.60 bits per heavy atom. The lowest BCUT2D eigenvalue weighted by Gasteiger charge is -2.25. The van der Waals surface area contributed by atoms with Crippen LogP contribution in [0, 0.1) is 0 Å². The second-order valence-corrected chi connectivity index (χ2v) is 3.34. The SMILES string of the molecule is CC(C)(N)C1=COCCC1. The van der Waals surface area contributed by atoms with Crippen LogP contribution >= 0.6 is 0 Å². The monoisotopic (exact) mass is 141 g/mol. The highest BCUT2D eigenvalue weighted by Gasteiger charge is 2.19. The van der Waals surface area contributed by atoms with Crippen LogP contribution in [0.5, 0.6) is 0 Å². The zero-order valence-corrected chi connectivity index (χ0v) is 6.68. The van der Waals surface area contributed by atoms with Crippen LogP contribution in [0.3, 0.4) is 0 Å². The molecule has 0 aromatic rings. The smallest absolute Gasteiger partial charge is 0.0876 e. The van der Waals surface area contributed by atoms with Gasteiger partial charge in [-0.3, -0.25) is 0 Å². The lowest BCUT2D eigenvalue weighted by molar-refractivity contribution is 0.217. The van der Waals surface area contributed by atoms with Crippen molar-refractivity contribution >= 4 is 0 Å². The van der Waals surface area contributed by atoms with Crippen LogP contribution < -0.4 is 5.73 Å². The summed E-state index contributed by atoms with van der Waals surface area (Å²) in [6.45, 7) is 4.86. The zero-order chi connectivity index (χ0) is 7.61. The minimum atomic E-state index is -0.194. The Bertz CT molecular complexity index is 144. The largest absolute Gasteiger partial charge is 0.501 e. The number of hydrogen-bond donors (Lipinski definition) is 1. The highest BCUT2D eigenvalue weighted by Crippen LogP contribution is 2.21. The lowest BCUT2D eigenvalue weighted by Crippen LogP contribution is -2.35. The maximum atomic E-state index is 5.86. The first kappa shape index (κ1) is 7.61. The maximum Gasteiger partial charge on any atom is 0.0876 e. The van der Waals surface area contributed by atoms with Crippen molar-refractivity contribution in [3.63, 3.8) is 0 Å². The Morgan fingerprint density at radius 2 is 2.30 bits per heavy atom. The van der Waals surface area contributed by atoms with Crippen LogP contribution in [0.15, 0.2) is 11.8 Å². The minimum Gasteiger partial charge on any atom is -0.501 e. The van der Waals surface area contributed by atoms with Crippen LogP contribution in [0.4, 0.5) is 0 Å². The summed E-state index contributed by atoms with van der Waals surface area (Å²) in [5.41, 5.74) is 6.89. The Labute approximate surface area is 62.1 Å². The van der Waals surface area contributed by atoms with Crippen molar-refractivity contribution in [3.8, 4) is 0 Å². The third kappa shape index (κ3) is 1.74. The molecule has 0 aromatic carbocycles. The molecule has 1 aliphatic rings. The summed E-state index contributed by atoms with van der Waals surface area (Å²) in [6, 6.07) is 0.